The van der Waals surface area contributed by atoms with Crippen molar-refractivity contribution in [3.63, 3.8) is 0 Å². The lowest BCUT2D eigenvalue weighted by Gasteiger charge is -2.08. The van der Waals surface area contributed by atoms with Crippen LogP contribution >= 0.6 is 11.8 Å². The van der Waals surface area contributed by atoms with E-state index in [1.54, 1.807) is 12.3 Å². The van der Waals surface area contributed by atoms with Crippen LogP contribution in [0.5, 0.6) is 0 Å². The van der Waals surface area contributed by atoms with Gasteiger partial charge in [0.25, 0.3) is 0 Å². The molecule has 16 heavy (non-hydrogen) atoms. The van der Waals surface area contributed by atoms with Gasteiger partial charge in [-0.3, -0.25) is 0 Å². The first kappa shape index (κ1) is 12.7. The van der Waals surface area contributed by atoms with Gasteiger partial charge >= 0.3 is 0 Å². The number of nitrogens with two attached hydrogens (primary N) is 1. The van der Waals surface area contributed by atoms with E-state index in [0.717, 1.165) is 13.0 Å². The molecule has 4 nitrogen and oxygen atoms in total. The second-order valence-electron chi connectivity index (χ2n) is 3.36. The zero-order valence-corrected chi connectivity index (χ0v) is 10.2. The van der Waals surface area contributed by atoms with Crippen LogP contribution in [0.2, 0.25) is 0 Å². The normalized spacial score (nSPS) is 9.75. The highest BCUT2D eigenvalue weighted by Gasteiger charge is 2.04. The molecule has 1 rings (SSSR count). The predicted octanol–water partition coefficient (Wildman–Crippen LogP) is 2.09. The molecule has 5 heteroatoms. The van der Waals surface area contributed by atoms with Gasteiger partial charge in [0, 0.05) is 12.7 Å². The number of nitrogens with one attached hydrogen (secondary N) is 1. The van der Waals surface area contributed by atoms with Gasteiger partial charge in [-0.1, -0.05) is 0 Å². The smallest absolute Gasteiger partial charge is 0.150 e. The van der Waals surface area contributed by atoms with Crippen LogP contribution in [0.1, 0.15) is 18.4 Å². The van der Waals surface area contributed by atoms with Crippen molar-refractivity contribution in [1.29, 1.82) is 5.26 Å². The molecular weight excluding hydrogens is 220 g/mol. The van der Waals surface area contributed by atoms with E-state index < -0.39 is 0 Å². The third-order valence-corrected chi connectivity index (χ3v) is 2.88. The summed E-state index contributed by atoms with van der Waals surface area (Å²) < 4.78 is 0. The molecule has 1 aromatic rings. The van der Waals surface area contributed by atoms with Crippen molar-refractivity contribution in [3.05, 3.63) is 17.8 Å². The molecule has 0 atom stereocenters. The first-order chi connectivity index (χ1) is 7.79. The first-order valence-electron chi connectivity index (χ1n) is 5.17. The Labute approximate surface area is 100 Å². The number of hydrogen-bond acceptors (Lipinski definition) is 5. The maximum Gasteiger partial charge on any atom is 0.150 e. The lowest BCUT2D eigenvalue weighted by molar-refractivity contribution is 0.840. The van der Waals surface area contributed by atoms with Crippen molar-refractivity contribution < 1.29 is 0 Å². The summed E-state index contributed by atoms with van der Waals surface area (Å²) in [6, 6.07) is 3.66. The zero-order valence-electron chi connectivity index (χ0n) is 9.36. The number of nitrogens with zero attached hydrogens (tertiary/aromatic N) is 2. The monoisotopic (exact) mass is 236 g/mol. The van der Waals surface area contributed by atoms with Crippen LogP contribution in [0.4, 0.5) is 11.5 Å². The van der Waals surface area contributed by atoms with Gasteiger partial charge in [0.15, 0.2) is 5.82 Å². The lowest BCUT2D eigenvalue weighted by Crippen LogP contribution is -2.07. The van der Waals surface area contributed by atoms with Gasteiger partial charge in [-0.25, -0.2) is 4.98 Å². The summed E-state index contributed by atoms with van der Waals surface area (Å²) >= 11 is 1.85. The average Bonchev–Trinajstić information content (AvgIpc) is 2.31. The van der Waals surface area contributed by atoms with Crippen molar-refractivity contribution in [1.82, 2.24) is 4.98 Å². The van der Waals surface area contributed by atoms with Crippen molar-refractivity contribution in [2.24, 2.45) is 0 Å². The number of unbranched alkanes of at least 4 members (excludes halogenated alkanes) is 1. The molecule has 0 aliphatic rings. The third-order valence-electron chi connectivity index (χ3n) is 2.18. The zero-order chi connectivity index (χ0) is 11.8. The van der Waals surface area contributed by atoms with Crippen LogP contribution in [0.15, 0.2) is 12.3 Å². The minimum atomic E-state index is 0.440. The summed E-state index contributed by atoms with van der Waals surface area (Å²) in [7, 11) is 0. The first-order valence-corrected chi connectivity index (χ1v) is 6.56. The molecule has 0 amide bonds. The van der Waals surface area contributed by atoms with Crippen LogP contribution in [-0.2, 0) is 0 Å². The van der Waals surface area contributed by atoms with Crippen molar-refractivity contribution in [2.75, 3.05) is 29.6 Å². The molecule has 0 saturated carbocycles. The molecule has 1 aromatic heterocycles. The predicted molar refractivity (Wildman–Crippen MR) is 69.5 cm³/mol. The summed E-state index contributed by atoms with van der Waals surface area (Å²) in [5, 5.41) is 11.9. The molecule has 0 radical (unpaired) electrons. The summed E-state index contributed by atoms with van der Waals surface area (Å²) in [5.74, 6) is 1.78. The number of pyridine rings is 1. The topological polar surface area (TPSA) is 74.7 Å². The summed E-state index contributed by atoms with van der Waals surface area (Å²) in [6.45, 7) is 0.840. The Bertz CT molecular complexity index is 373. The maximum absolute atomic E-state index is 8.80. The van der Waals surface area contributed by atoms with Crippen LogP contribution in [0.3, 0.4) is 0 Å². The van der Waals surface area contributed by atoms with E-state index in [4.69, 9.17) is 11.0 Å². The fourth-order valence-corrected chi connectivity index (χ4v) is 1.78. The van der Waals surface area contributed by atoms with Gasteiger partial charge in [0.1, 0.15) is 6.07 Å². The highest BCUT2D eigenvalue weighted by atomic mass is 32.2. The molecular formula is C11H16N4S. The van der Waals surface area contributed by atoms with Crippen LogP contribution in [0.25, 0.3) is 0 Å². The summed E-state index contributed by atoms with van der Waals surface area (Å²) in [4.78, 5) is 4.11. The van der Waals surface area contributed by atoms with Gasteiger partial charge in [-0.15, -0.1) is 0 Å². The van der Waals surface area contributed by atoms with E-state index in [2.05, 4.69) is 16.6 Å². The van der Waals surface area contributed by atoms with Crippen molar-refractivity contribution >= 4 is 23.3 Å². The number of nitriles is 1. The second-order valence-corrected chi connectivity index (χ2v) is 4.34. The maximum atomic E-state index is 8.80. The minimum absolute atomic E-state index is 0.440. The standard InChI is InChI=1S/C11H16N4S/c1-16-7-3-2-5-14-11-10(13)9(8-12)4-6-15-11/h4,6H,2-3,5,7,13H2,1H3,(H,14,15). The van der Waals surface area contributed by atoms with E-state index >= 15 is 0 Å². The number of aromatic nitrogens is 1. The number of thioether (sulfide) groups is 1. The summed E-state index contributed by atoms with van der Waals surface area (Å²) in [5.41, 5.74) is 6.70. The SMILES string of the molecule is CSCCCCNc1nccc(C#N)c1N. The number of hydrogen-bond donors (Lipinski definition) is 2. The molecule has 0 saturated heterocycles. The van der Waals surface area contributed by atoms with Gasteiger partial charge in [0.2, 0.25) is 0 Å². The van der Waals surface area contributed by atoms with E-state index in [0.29, 0.717) is 17.1 Å². The Morgan fingerprint density at radius 3 is 3.06 bits per heavy atom. The largest absolute Gasteiger partial charge is 0.395 e. The molecule has 3 N–H and O–H groups in total. The number of rotatable bonds is 6. The fourth-order valence-electron chi connectivity index (χ4n) is 1.29. The molecule has 0 aromatic carbocycles. The van der Waals surface area contributed by atoms with Gasteiger partial charge in [-0.2, -0.15) is 17.0 Å². The van der Waals surface area contributed by atoms with Gasteiger partial charge in [-0.05, 0) is 30.9 Å². The Hall–Kier alpha value is -1.41. The van der Waals surface area contributed by atoms with E-state index in [1.807, 2.05) is 17.8 Å². The molecule has 86 valence electrons. The van der Waals surface area contributed by atoms with Crippen molar-refractivity contribution in [2.45, 2.75) is 12.8 Å². The number of nitrogen functional groups attached to an aromatic ring is 1. The quantitative estimate of drug-likeness (QED) is 0.740. The molecule has 0 aliphatic carbocycles. The molecule has 0 unspecified atom stereocenters. The Kier molecular flexibility index (Phi) is 5.51. The van der Waals surface area contributed by atoms with E-state index in [9.17, 15) is 0 Å². The Balaban J connectivity index is 2.45. The second kappa shape index (κ2) is 6.96. The lowest BCUT2D eigenvalue weighted by atomic mass is 10.2. The molecule has 0 aliphatic heterocycles. The molecule has 0 bridgehead atoms. The van der Waals surface area contributed by atoms with Crippen molar-refractivity contribution in [3.8, 4) is 6.07 Å². The molecule has 0 spiro atoms. The number of anilines is 2. The van der Waals surface area contributed by atoms with Crippen LogP contribution < -0.4 is 11.1 Å². The highest BCUT2D eigenvalue weighted by molar-refractivity contribution is 7.98. The summed E-state index contributed by atoms with van der Waals surface area (Å²) in [6.07, 6.45) is 5.95. The van der Waals surface area contributed by atoms with Crippen LogP contribution in [0, 0.1) is 11.3 Å². The average molecular weight is 236 g/mol. The molecule has 1 heterocycles. The third kappa shape index (κ3) is 3.63. The molecule has 0 fully saturated rings. The fraction of sp³-hybridized carbons (Fsp3) is 0.455. The van der Waals surface area contributed by atoms with E-state index in [1.165, 1.54) is 12.2 Å². The highest BCUT2D eigenvalue weighted by Crippen LogP contribution is 2.18. The Morgan fingerprint density at radius 1 is 1.56 bits per heavy atom. The van der Waals surface area contributed by atoms with E-state index in [-0.39, 0.29) is 0 Å². The van der Waals surface area contributed by atoms with Gasteiger partial charge in [0.05, 0.1) is 11.3 Å². The van der Waals surface area contributed by atoms with Gasteiger partial charge < -0.3 is 11.1 Å². The Morgan fingerprint density at radius 2 is 2.38 bits per heavy atom. The van der Waals surface area contributed by atoms with Crippen LogP contribution in [-0.4, -0.2) is 23.5 Å². The minimum Gasteiger partial charge on any atom is -0.395 e.